The molecule has 0 unspecified atom stereocenters. The van der Waals surface area contributed by atoms with Gasteiger partial charge in [-0.15, -0.1) is 0 Å². The zero-order valence-electron chi connectivity index (χ0n) is 2.93. The van der Waals surface area contributed by atoms with Gasteiger partial charge in [0, 0.05) is 0 Å². The van der Waals surface area contributed by atoms with Crippen molar-refractivity contribution in [2.75, 3.05) is 4.05 Å². The molecule has 0 aliphatic rings. The lowest BCUT2D eigenvalue weighted by atomic mass is 11.9. The summed E-state index contributed by atoms with van der Waals surface area (Å²) in [6.07, 6.45) is 0. The molecule has 38 valence electrons. The van der Waals surface area contributed by atoms with E-state index in [0.29, 0.717) is 0 Å². The number of rotatable bonds is 1. The highest BCUT2D eigenvalue weighted by Gasteiger charge is 2.23. The molecule has 0 saturated heterocycles. The van der Waals surface area contributed by atoms with Gasteiger partial charge < -0.3 is 14.4 Å². The summed E-state index contributed by atoms with van der Waals surface area (Å²) in [4.78, 5) is 24.2. The van der Waals surface area contributed by atoms with Crippen LogP contribution in [0.15, 0.2) is 0 Å². The van der Waals surface area contributed by atoms with Gasteiger partial charge in [0.15, 0.2) is 0 Å². The van der Waals surface area contributed by atoms with Crippen LogP contribution < -0.4 is 0 Å². The fourth-order valence-electron chi connectivity index (χ4n) is 0. The standard InChI is InChI=1S/CH5IO3Si/c2-1-6(3,4)5/h3-5H,1H2. The lowest BCUT2D eigenvalue weighted by Crippen LogP contribution is -2.36. The van der Waals surface area contributed by atoms with E-state index in [1.807, 2.05) is 0 Å². The van der Waals surface area contributed by atoms with E-state index < -0.39 is 8.80 Å². The van der Waals surface area contributed by atoms with Crippen LogP contribution in [0.25, 0.3) is 0 Å². The van der Waals surface area contributed by atoms with Crippen LogP contribution in [0.2, 0.25) is 0 Å². The Kier molecular flexibility index (Phi) is 2.52. The summed E-state index contributed by atoms with van der Waals surface area (Å²) in [5, 5.41) is 0. The molecule has 0 heterocycles. The summed E-state index contributed by atoms with van der Waals surface area (Å²) in [5.74, 6) is 0. The highest BCUT2D eigenvalue weighted by atomic mass is 127. The smallest absolute Gasteiger partial charge is 0.389 e. The minimum Gasteiger partial charge on any atom is -0.389 e. The summed E-state index contributed by atoms with van der Waals surface area (Å²) >= 11 is 1.71. The first kappa shape index (κ1) is 6.83. The molecule has 0 aliphatic heterocycles. The summed E-state index contributed by atoms with van der Waals surface area (Å²) in [5.41, 5.74) is 0. The van der Waals surface area contributed by atoms with Gasteiger partial charge in [-0.05, 0) is 0 Å². The van der Waals surface area contributed by atoms with Crippen LogP contribution in [0.4, 0.5) is 0 Å². The van der Waals surface area contributed by atoms with Crippen molar-refractivity contribution in [2.45, 2.75) is 0 Å². The average Bonchev–Trinajstić information content (AvgIpc) is 1.35. The first-order valence-corrected chi connectivity index (χ1v) is 4.87. The van der Waals surface area contributed by atoms with Crippen molar-refractivity contribution in [3.05, 3.63) is 0 Å². The second-order valence-electron chi connectivity index (χ2n) is 0.908. The van der Waals surface area contributed by atoms with Gasteiger partial charge in [0.05, 0.1) is 4.05 Å². The molecule has 0 spiro atoms. The molecule has 0 rings (SSSR count). The van der Waals surface area contributed by atoms with E-state index in [1.165, 1.54) is 0 Å². The monoisotopic (exact) mass is 220 g/mol. The molecule has 0 radical (unpaired) electrons. The van der Waals surface area contributed by atoms with Gasteiger partial charge in [-0.2, -0.15) is 0 Å². The Morgan fingerprint density at radius 2 is 1.50 bits per heavy atom. The van der Waals surface area contributed by atoms with E-state index in [0.717, 1.165) is 0 Å². The summed E-state index contributed by atoms with van der Waals surface area (Å²) < 4.78 is 0.0464. The molecule has 0 aromatic rings. The summed E-state index contributed by atoms with van der Waals surface area (Å²) in [6.45, 7) is 0. The maximum absolute atomic E-state index is 8.07. The first-order valence-electron chi connectivity index (χ1n) is 1.29. The van der Waals surface area contributed by atoms with Crippen LogP contribution in [0, 0.1) is 0 Å². The number of hydrogen-bond acceptors (Lipinski definition) is 3. The SMILES string of the molecule is O[Si](O)(O)CI. The fourth-order valence-corrected chi connectivity index (χ4v) is 0. The molecule has 0 saturated carbocycles. The Bertz CT molecular complexity index is 40.5. The quantitative estimate of drug-likeness (QED) is 0.298. The van der Waals surface area contributed by atoms with Gasteiger partial charge in [0.25, 0.3) is 0 Å². The van der Waals surface area contributed by atoms with Crippen LogP contribution in [0.5, 0.6) is 0 Å². The second kappa shape index (κ2) is 2.22. The second-order valence-corrected chi connectivity index (χ2v) is 5.01. The van der Waals surface area contributed by atoms with E-state index >= 15 is 0 Å². The third-order valence-electron chi connectivity index (χ3n) is 0.179. The van der Waals surface area contributed by atoms with Gasteiger partial charge in [-0.3, -0.25) is 0 Å². The molecule has 3 nitrogen and oxygen atoms in total. The maximum Gasteiger partial charge on any atom is 0.502 e. The Hall–Kier alpha value is 0.827. The number of alkyl halides is 1. The Morgan fingerprint density at radius 1 is 1.33 bits per heavy atom. The van der Waals surface area contributed by atoms with Crippen LogP contribution in [-0.2, 0) is 0 Å². The van der Waals surface area contributed by atoms with E-state index in [2.05, 4.69) is 0 Å². The van der Waals surface area contributed by atoms with Crippen molar-refractivity contribution < 1.29 is 14.4 Å². The van der Waals surface area contributed by atoms with Gasteiger partial charge in [-0.25, -0.2) is 0 Å². The molecule has 0 fully saturated rings. The number of hydrogen-bond donors (Lipinski definition) is 3. The van der Waals surface area contributed by atoms with Crippen LogP contribution in [0.1, 0.15) is 0 Å². The average molecular weight is 220 g/mol. The van der Waals surface area contributed by atoms with Crippen LogP contribution in [0.3, 0.4) is 0 Å². The Balaban J connectivity index is 3.17. The van der Waals surface area contributed by atoms with Crippen molar-refractivity contribution in [2.24, 2.45) is 0 Å². The van der Waals surface area contributed by atoms with E-state index in [1.54, 1.807) is 22.6 Å². The summed E-state index contributed by atoms with van der Waals surface area (Å²) in [7, 11) is -3.64. The van der Waals surface area contributed by atoms with Crippen molar-refractivity contribution >= 4 is 31.4 Å². The molecule has 0 aromatic carbocycles. The van der Waals surface area contributed by atoms with Crippen LogP contribution >= 0.6 is 22.6 Å². The molecule has 0 aliphatic carbocycles. The van der Waals surface area contributed by atoms with E-state index in [9.17, 15) is 0 Å². The molecule has 0 atom stereocenters. The molecule has 3 N–H and O–H groups in total. The molecule has 6 heavy (non-hydrogen) atoms. The molecule has 0 bridgehead atoms. The first-order chi connectivity index (χ1) is 2.56. The molecule has 0 amide bonds. The van der Waals surface area contributed by atoms with E-state index in [-0.39, 0.29) is 4.05 Å². The largest absolute Gasteiger partial charge is 0.502 e. The van der Waals surface area contributed by atoms with Crippen LogP contribution in [-0.4, -0.2) is 27.2 Å². The lowest BCUT2D eigenvalue weighted by molar-refractivity contribution is 0.239. The molecular weight excluding hydrogens is 215 g/mol. The minimum atomic E-state index is -3.64. The van der Waals surface area contributed by atoms with Gasteiger partial charge in [0.2, 0.25) is 0 Å². The highest BCUT2D eigenvalue weighted by Crippen LogP contribution is 1.90. The maximum atomic E-state index is 8.07. The van der Waals surface area contributed by atoms with Gasteiger partial charge in [0.1, 0.15) is 0 Å². The lowest BCUT2D eigenvalue weighted by Gasteiger charge is -2.00. The fraction of sp³-hybridized carbons (Fsp3) is 1.00. The Morgan fingerprint density at radius 3 is 1.50 bits per heavy atom. The molecule has 0 aromatic heterocycles. The predicted molar refractivity (Wildman–Crippen MR) is 31.3 cm³/mol. The van der Waals surface area contributed by atoms with Crippen molar-refractivity contribution in [3.8, 4) is 0 Å². The topological polar surface area (TPSA) is 60.7 Å². The summed E-state index contributed by atoms with van der Waals surface area (Å²) in [6, 6.07) is 0. The van der Waals surface area contributed by atoms with Gasteiger partial charge >= 0.3 is 8.80 Å². The Labute approximate surface area is 50.1 Å². The highest BCUT2D eigenvalue weighted by molar-refractivity contribution is 14.1. The normalized spacial score (nSPS) is 12.0. The third kappa shape index (κ3) is 4.83. The van der Waals surface area contributed by atoms with E-state index in [4.69, 9.17) is 14.4 Å². The minimum absolute atomic E-state index is 0.0464. The van der Waals surface area contributed by atoms with Gasteiger partial charge in [-0.1, -0.05) is 22.6 Å². The van der Waals surface area contributed by atoms with Crippen molar-refractivity contribution in [1.82, 2.24) is 0 Å². The van der Waals surface area contributed by atoms with Crippen molar-refractivity contribution in [1.29, 1.82) is 0 Å². The zero-order chi connectivity index (χ0) is 5.21. The number of halogens is 1. The molecule has 5 heteroatoms. The van der Waals surface area contributed by atoms with Crippen molar-refractivity contribution in [3.63, 3.8) is 0 Å². The molecular formula is CH5IO3Si. The zero-order valence-corrected chi connectivity index (χ0v) is 6.08. The third-order valence-corrected chi connectivity index (χ3v) is 3.61. The predicted octanol–water partition coefficient (Wildman–Crippen LogP) is -1.12.